The van der Waals surface area contributed by atoms with Gasteiger partial charge >= 0.3 is 0 Å². The third kappa shape index (κ3) is 4.25. The Morgan fingerprint density at radius 2 is 1.94 bits per heavy atom. The van der Waals surface area contributed by atoms with Gasteiger partial charge in [-0.2, -0.15) is 0 Å². The van der Waals surface area contributed by atoms with Gasteiger partial charge in [-0.3, -0.25) is 4.79 Å². The van der Waals surface area contributed by atoms with Crippen molar-refractivity contribution in [2.45, 2.75) is 44.6 Å². The largest absolute Gasteiger partial charge is 0.385 e. The third-order valence-corrected chi connectivity index (χ3v) is 4.17. The fourth-order valence-electron chi connectivity index (χ4n) is 2.70. The molecule has 3 N–H and O–H groups in total. The van der Waals surface area contributed by atoms with Gasteiger partial charge in [0.25, 0.3) is 0 Å². The van der Waals surface area contributed by atoms with Crippen molar-refractivity contribution >= 4 is 5.91 Å². The minimum atomic E-state index is -0.376. The van der Waals surface area contributed by atoms with Crippen LogP contribution in [0.3, 0.4) is 0 Å². The maximum atomic E-state index is 11.9. The van der Waals surface area contributed by atoms with Crippen LogP contribution in [-0.2, 0) is 9.53 Å². The molecule has 0 spiro atoms. The standard InChI is InChI=1S/C14H26N2O2/c1-18-8-2-3-13(15)14(17)16-9-12(10-4-5-10)11-6-7-11/h10-13H,2-9,15H2,1H3,(H,16,17). The highest BCUT2D eigenvalue weighted by molar-refractivity contribution is 5.81. The highest BCUT2D eigenvalue weighted by Crippen LogP contribution is 2.48. The molecule has 2 fully saturated rings. The molecule has 1 amide bonds. The maximum Gasteiger partial charge on any atom is 0.236 e. The molecule has 0 aromatic rings. The van der Waals surface area contributed by atoms with Crippen LogP contribution in [-0.4, -0.2) is 32.2 Å². The van der Waals surface area contributed by atoms with Crippen molar-refractivity contribution in [2.24, 2.45) is 23.5 Å². The molecule has 2 rings (SSSR count). The van der Waals surface area contributed by atoms with Crippen LogP contribution in [0.15, 0.2) is 0 Å². The summed E-state index contributed by atoms with van der Waals surface area (Å²) in [6, 6.07) is -0.376. The second-order valence-corrected chi connectivity index (χ2v) is 5.83. The van der Waals surface area contributed by atoms with Crippen LogP contribution in [0.25, 0.3) is 0 Å². The van der Waals surface area contributed by atoms with Crippen molar-refractivity contribution in [3.05, 3.63) is 0 Å². The second-order valence-electron chi connectivity index (χ2n) is 5.83. The molecule has 0 aromatic heterocycles. The lowest BCUT2D eigenvalue weighted by Gasteiger charge is -2.18. The molecular weight excluding hydrogens is 228 g/mol. The smallest absolute Gasteiger partial charge is 0.236 e. The molecule has 4 heteroatoms. The summed E-state index contributed by atoms with van der Waals surface area (Å²) >= 11 is 0. The van der Waals surface area contributed by atoms with E-state index in [1.807, 2.05) is 0 Å². The molecule has 104 valence electrons. The zero-order chi connectivity index (χ0) is 13.0. The molecule has 0 aromatic carbocycles. The highest BCUT2D eigenvalue weighted by Gasteiger charge is 2.41. The minimum absolute atomic E-state index is 0.0115. The number of hydrogen-bond acceptors (Lipinski definition) is 3. The zero-order valence-corrected chi connectivity index (χ0v) is 11.4. The topological polar surface area (TPSA) is 64.3 Å². The predicted octanol–water partition coefficient (Wildman–Crippen LogP) is 1.29. The van der Waals surface area contributed by atoms with E-state index in [0.717, 1.165) is 30.7 Å². The SMILES string of the molecule is COCCCC(N)C(=O)NCC(C1CC1)C1CC1. The normalized spacial score (nSPS) is 21.1. The van der Waals surface area contributed by atoms with Crippen LogP contribution >= 0.6 is 0 Å². The van der Waals surface area contributed by atoms with Gasteiger partial charge in [0.2, 0.25) is 5.91 Å². The Labute approximate surface area is 110 Å². The molecule has 4 nitrogen and oxygen atoms in total. The van der Waals surface area contributed by atoms with Gasteiger partial charge in [0.15, 0.2) is 0 Å². The fraction of sp³-hybridized carbons (Fsp3) is 0.929. The van der Waals surface area contributed by atoms with E-state index in [2.05, 4.69) is 5.32 Å². The summed E-state index contributed by atoms with van der Waals surface area (Å²) < 4.78 is 4.96. The molecule has 1 atom stereocenters. The molecule has 2 aliphatic carbocycles. The first kappa shape index (κ1) is 13.8. The van der Waals surface area contributed by atoms with Gasteiger partial charge in [0, 0.05) is 20.3 Å². The van der Waals surface area contributed by atoms with Crippen LogP contribution in [0.2, 0.25) is 0 Å². The molecule has 0 radical (unpaired) electrons. The van der Waals surface area contributed by atoms with E-state index in [1.54, 1.807) is 7.11 Å². The number of nitrogens with one attached hydrogen (secondary N) is 1. The lowest BCUT2D eigenvalue weighted by atomic mass is 9.98. The average molecular weight is 254 g/mol. The number of ether oxygens (including phenoxy) is 1. The van der Waals surface area contributed by atoms with E-state index in [4.69, 9.17) is 10.5 Å². The van der Waals surface area contributed by atoms with Gasteiger partial charge in [0.1, 0.15) is 0 Å². The summed E-state index contributed by atoms with van der Waals surface area (Å²) in [6.07, 6.45) is 6.98. The Morgan fingerprint density at radius 3 is 2.44 bits per heavy atom. The maximum absolute atomic E-state index is 11.9. The second kappa shape index (κ2) is 6.53. The highest BCUT2D eigenvalue weighted by atomic mass is 16.5. The van der Waals surface area contributed by atoms with E-state index >= 15 is 0 Å². The van der Waals surface area contributed by atoms with Crippen LogP contribution in [0.4, 0.5) is 0 Å². The Kier molecular flexibility index (Phi) is 5.01. The number of carbonyl (C=O) groups is 1. The Morgan fingerprint density at radius 1 is 1.33 bits per heavy atom. The lowest BCUT2D eigenvalue weighted by Crippen LogP contribution is -2.43. The van der Waals surface area contributed by atoms with Gasteiger partial charge < -0.3 is 15.8 Å². The van der Waals surface area contributed by atoms with Crippen molar-refractivity contribution in [1.29, 1.82) is 0 Å². The number of methoxy groups -OCH3 is 1. The molecule has 0 aliphatic heterocycles. The fourth-order valence-corrected chi connectivity index (χ4v) is 2.70. The van der Waals surface area contributed by atoms with Gasteiger partial charge in [-0.1, -0.05) is 0 Å². The van der Waals surface area contributed by atoms with Crippen LogP contribution in [0.5, 0.6) is 0 Å². The first-order valence-electron chi connectivity index (χ1n) is 7.24. The number of hydrogen-bond donors (Lipinski definition) is 2. The zero-order valence-electron chi connectivity index (χ0n) is 11.4. The van der Waals surface area contributed by atoms with Gasteiger partial charge in [-0.25, -0.2) is 0 Å². The average Bonchev–Trinajstić information content (AvgIpc) is 3.22. The van der Waals surface area contributed by atoms with Crippen LogP contribution in [0.1, 0.15) is 38.5 Å². The number of nitrogens with two attached hydrogens (primary N) is 1. The van der Waals surface area contributed by atoms with E-state index in [9.17, 15) is 4.79 Å². The summed E-state index contributed by atoms with van der Waals surface area (Å²) in [7, 11) is 1.67. The monoisotopic (exact) mass is 254 g/mol. The van der Waals surface area contributed by atoms with Crippen LogP contribution in [0, 0.1) is 17.8 Å². The predicted molar refractivity (Wildman–Crippen MR) is 71.0 cm³/mol. The summed E-state index contributed by atoms with van der Waals surface area (Å²) in [5.41, 5.74) is 5.86. The summed E-state index contributed by atoms with van der Waals surface area (Å²) in [6.45, 7) is 1.51. The van der Waals surface area contributed by atoms with E-state index in [-0.39, 0.29) is 11.9 Å². The Hall–Kier alpha value is -0.610. The molecule has 1 unspecified atom stereocenters. The Bertz CT molecular complexity index is 263. The molecule has 2 saturated carbocycles. The van der Waals surface area contributed by atoms with Crippen molar-refractivity contribution in [1.82, 2.24) is 5.32 Å². The molecule has 0 bridgehead atoms. The molecule has 18 heavy (non-hydrogen) atoms. The number of rotatable bonds is 9. The van der Waals surface area contributed by atoms with Crippen LogP contribution < -0.4 is 11.1 Å². The summed E-state index contributed by atoms with van der Waals surface area (Å²) in [4.78, 5) is 11.9. The van der Waals surface area contributed by atoms with E-state index in [1.165, 1.54) is 25.7 Å². The third-order valence-electron chi connectivity index (χ3n) is 4.17. The van der Waals surface area contributed by atoms with Gasteiger partial charge in [-0.05, 0) is 56.3 Å². The van der Waals surface area contributed by atoms with E-state index in [0.29, 0.717) is 13.0 Å². The minimum Gasteiger partial charge on any atom is -0.385 e. The molecule has 0 heterocycles. The summed E-state index contributed by atoms with van der Waals surface area (Å²) in [5.74, 6) is 2.49. The van der Waals surface area contributed by atoms with Gasteiger partial charge in [-0.15, -0.1) is 0 Å². The van der Waals surface area contributed by atoms with Gasteiger partial charge in [0.05, 0.1) is 6.04 Å². The van der Waals surface area contributed by atoms with Crippen molar-refractivity contribution in [3.8, 4) is 0 Å². The summed E-state index contributed by atoms with van der Waals surface area (Å²) in [5, 5.41) is 3.05. The molecule has 0 saturated heterocycles. The molecule has 2 aliphatic rings. The quantitative estimate of drug-likeness (QED) is 0.609. The number of carbonyl (C=O) groups excluding carboxylic acids is 1. The van der Waals surface area contributed by atoms with Crippen molar-refractivity contribution in [2.75, 3.05) is 20.3 Å². The van der Waals surface area contributed by atoms with E-state index < -0.39 is 0 Å². The first-order valence-corrected chi connectivity index (χ1v) is 7.24. The van der Waals surface area contributed by atoms with Crippen molar-refractivity contribution in [3.63, 3.8) is 0 Å². The first-order chi connectivity index (χ1) is 8.72. The lowest BCUT2D eigenvalue weighted by molar-refractivity contribution is -0.122. The van der Waals surface area contributed by atoms with Crippen molar-refractivity contribution < 1.29 is 9.53 Å². The number of amides is 1. The Balaban J connectivity index is 1.63. The molecular formula is C14H26N2O2.